The van der Waals surface area contributed by atoms with Crippen LogP contribution in [-0.4, -0.2) is 44.2 Å². The van der Waals surface area contributed by atoms with Crippen molar-refractivity contribution in [1.82, 2.24) is 15.3 Å². The standard InChI is InChI=1S/C9H11N3O4/c13-3-9(1-2-9)12-7(14)5-6(8(15)16)11-4-10-5/h4,13H,1-3H2,(H,10,11)(H,12,14)(H,15,16). The van der Waals surface area contributed by atoms with Crippen LogP contribution in [0, 0.1) is 0 Å². The topological polar surface area (TPSA) is 115 Å². The Labute approximate surface area is 90.5 Å². The fraction of sp³-hybridized carbons (Fsp3) is 0.444. The van der Waals surface area contributed by atoms with Crippen molar-refractivity contribution in [3.8, 4) is 0 Å². The van der Waals surface area contributed by atoms with Crippen LogP contribution >= 0.6 is 0 Å². The molecule has 1 fully saturated rings. The summed E-state index contributed by atoms with van der Waals surface area (Å²) in [7, 11) is 0. The minimum atomic E-state index is -1.24. The van der Waals surface area contributed by atoms with Crippen LogP contribution in [0.1, 0.15) is 33.8 Å². The van der Waals surface area contributed by atoms with Crippen LogP contribution in [0.15, 0.2) is 6.33 Å². The molecule has 0 radical (unpaired) electrons. The van der Waals surface area contributed by atoms with Crippen LogP contribution in [0.4, 0.5) is 0 Å². The lowest BCUT2D eigenvalue weighted by Crippen LogP contribution is -2.40. The van der Waals surface area contributed by atoms with Crippen molar-refractivity contribution in [2.24, 2.45) is 0 Å². The number of amides is 1. The lowest BCUT2D eigenvalue weighted by molar-refractivity contribution is 0.0683. The Hall–Kier alpha value is -1.89. The van der Waals surface area contributed by atoms with Crippen molar-refractivity contribution >= 4 is 11.9 Å². The minimum Gasteiger partial charge on any atom is -0.477 e. The van der Waals surface area contributed by atoms with Gasteiger partial charge >= 0.3 is 5.97 Å². The van der Waals surface area contributed by atoms with Gasteiger partial charge in [0.2, 0.25) is 0 Å². The first-order chi connectivity index (χ1) is 7.58. The minimum absolute atomic E-state index is 0.147. The molecule has 0 atom stereocenters. The van der Waals surface area contributed by atoms with Crippen molar-refractivity contribution in [3.63, 3.8) is 0 Å². The maximum Gasteiger partial charge on any atom is 0.354 e. The number of carboxylic acids is 1. The van der Waals surface area contributed by atoms with Gasteiger partial charge in [-0.1, -0.05) is 0 Å². The molecule has 1 heterocycles. The largest absolute Gasteiger partial charge is 0.477 e. The maximum atomic E-state index is 11.7. The van der Waals surface area contributed by atoms with E-state index in [2.05, 4.69) is 15.3 Å². The third-order valence-corrected chi connectivity index (χ3v) is 2.60. The molecule has 1 aliphatic rings. The number of hydrogen-bond acceptors (Lipinski definition) is 4. The van der Waals surface area contributed by atoms with Gasteiger partial charge in [0.15, 0.2) is 11.4 Å². The second kappa shape index (κ2) is 3.60. The van der Waals surface area contributed by atoms with E-state index in [0.29, 0.717) is 12.8 Å². The van der Waals surface area contributed by atoms with Gasteiger partial charge in [0.25, 0.3) is 5.91 Å². The number of aromatic carboxylic acids is 1. The zero-order valence-corrected chi connectivity index (χ0v) is 8.36. The number of H-pyrrole nitrogens is 1. The molecule has 1 amide bonds. The van der Waals surface area contributed by atoms with Gasteiger partial charge < -0.3 is 20.5 Å². The molecule has 0 unspecified atom stereocenters. The predicted octanol–water partition coefficient (Wildman–Crippen LogP) is -0.637. The van der Waals surface area contributed by atoms with E-state index < -0.39 is 17.4 Å². The van der Waals surface area contributed by atoms with Crippen molar-refractivity contribution in [3.05, 3.63) is 17.7 Å². The van der Waals surface area contributed by atoms with E-state index in [1.54, 1.807) is 0 Å². The Morgan fingerprint density at radius 2 is 2.25 bits per heavy atom. The summed E-state index contributed by atoms with van der Waals surface area (Å²) in [6, 6.07) is 0. The number of aliphatic hydroxyl groups is 1. The van der Waals surface area contributed by atoms with Gasteiger partial charge in [0, 0.05) is 0 Å². The van der Waals surface area contributed by atoms with E-state index in [4.69, 9.17) is 10.2 Å². The highest BCUT2D eigenvalue weighted by atomic mass is 16.4. The van der Waals surface area contributed by atoms with E-state index in [1.807, 2.05) is 0 Å². The van der Waals surface area contributed by atoms with Crippen LogP contribution in [0.3, 0.4) is 0 Å². The molecule has 7 nitrogen and oxygen atoms in total. The summed E-state index contributed by atoms with van der Waals surface area (Å²) in [5, 5.41) is 20.4. The average Bonchev–Trinajstić information content (AvgIpc) is 2.83. The maximum absolute atomic E-state index is 11.7. The lowest BCUT2D eigenvalue weighted by Gasteiger charge is -2.13. The van der Waals surface area contributed by atoms with Crippen LogP contribution in [0.25, 0.3) is 0 Å². The number of aromatic amines is 1. The summed E-state index contributed by atoms with van der Waals surface area (Å²) in [6.45, 7) is -0.147. The smallest absolute Gasteiger partial charge is 0.354 e. The quantitative estimate of drug-likeness (QED) is 0.544. The number of carbonyl (C=O) groups is 2. The second-order valence-electron chi connectivity index (χ2n) is 3.82. The Morgan fingerprint density at radius 3 is 2.75 bits per heavy atom. The van der Waals surface area contributed by atoms with Crippen LogP contribution in [0.2, 0.25) is 0 Å². The molecule has 86 valence electrons. The van der Waals surface area contributed by atoms with Crippen molar-refractivity contribution < 1.29 is 19.8 Å². The van der Waals surface area contributed by atoms with Crippen molar-refractivity contribution in [2.75, 3.05) is 6.61 Å². The molecule has 0 spiro atoms. The number of nitrogens with zero attached hydrogens (tertiary/aromatic N) is 1. The molecule has 2 rings (SSSR count). The monoisotopic (exact) mass is 225 g/mol. The number of carbonyl (C=O) groups excluding carboxylic acids is 1. The van der Waals surface area contributed by atoms with Gasteiger partial charge in [-0.25, -0.2) is 9.78 Å². The van der Waals surface area contributed by atoms with E-state index in [0.717, 1.165) is 6.33 Å². The lowest BCUT2D eigenvalue weighted by atomic mass is 10.2. The first kappa shape index (κ1) is 10.6. The Kier molecular flexibility index (Phi) is 2.39. The molecule has 1 aromatic heterocycles. The van der Waals surface area contributed by atoms with Gasteiger partial charge in [-0.2, -0.15) is 0 Å². The summed E-state index contributed by atoms with van der Waals surface area (Å²) >= 11 is 0. The highest BCUT2D eigenvalue weighted by Gasteiger charge is 2.44. The van der Waals surface area contributed by atoms with Crippen molar-refractivity contribution in [1.29, 1.82) is 0 Å². The number of hydrogen-bond donors (Lipinski definition) is 4. The fourth-order valence-electron chi connectivity index (χ4n) is 1.40. The molecule has 16 heavy (non-hydrogen) atoms. The summed E-state index contributed by atoms with van der Waals surface area (Å²) < 4.78 is 0. The van der Waals surface area contributed by atoms with Crippen molar-refractivity contribution in [2.45, 2.75) is 18.4 Å². The van der Waals surface area contributed by atoms with E-state index in [1.165, 1.54) is 0 Å². The fourth-order valence-corrected chi connectivity index (χ4v) is 1.40. The van der Waals surface area contributed by atoms with Gasteiger partial charge in [-0.05, 0) is 12.8 Å². The van der Waals surface area contributed by atoms with Crippen LogP contribution in [-0.2, 0) is 0 Å². The molecule has 0 aromatic carbocycles. The molecule has 0 bridgehead atoms. The number of imidazole rings is 1. The number of rotatable bonds is 4. The summed E-state index contributed by atoms with van der Waals surface area (Å²) in [5.74, 6) is -1.82. The third-order valence-electron chi connectivity index (χ3n) is 2.60. The molecule has 1 aromatic rings. The van der Waals surface area contributed by atoms with E-state index >= 15 is 0 Å². The first-order valence-electron chi connectivity index (χ1n) is 4.78. The number of carboxylic acid groups (broad SMARTS) is 1. The van der Waals surface area contributed by atoms with Gasteiger partial charge in [-0.15, -0.1) is 0 Å². The zero-order chi connectivity index (χ0) is 11.8. The Balaban J connectivity index is 2.15. The van der Waals surface area contributed by atoms with Gasteiger partial charge in [0.1, 0.15) is 0 Å². The Bertz CT molecular complexity index is 436. The molecular formula is C9H11N3O4. The summed E-state index contributed by atoms with van der Waals surface area (Å²) in [4.78, 5) is 28.4. The highest BCUT2D eigenvalue weighted by Crippen LogP contribution is 2.34. The average molecular weight is 225 g/mol. The predicted molar refractivity (Wildman–Crippen MR) is 52.1 cm³/mol. The number of aliphatic hydroxyl groups excluding tert-OH is 1. The molecule has 4 N–H and O–H groups in total. The SMILES string of the molecule is O=C(NC1(CO)CC1)c1nc[nH]c1C(=O)O. The number of nitrogens with one attached hydrogen (secondary N) is 2. The third kappa shape index (κ3) is 1.76. The second-order valence-corrected chi connectivity index (χ2v) is 3.82. The van der Waals surface area contributed by atoms with Gasteiger partial charge in [0.05, 0.1) is 18.5 Å². The zero-order valence-electron chi connectivity index (χ0n) is 8.36. The van der Waals surface area contributed by atoms with Crippen LogP contribution in [0.5, 0.6) is 0 Å². The Morgan fingerprint density at radius 1 is 1.56 bits per heavy atom. The normalized spacial score (nSPS) is 16.8. The number of aromatic nitrogens is 2. The van der Waals surface area contributed by atoms with E-state index in [-0.39, 0.29) is 18.0 Å². The molecule has 0 aliphatic heterocycles. The summed E-state index contributed by atoms with van der Waals surface area (Å²) in [6.07, 6.45) is 2.54. The molecule has 1 saturated carbocycles. The molecule has 7 heteroatoms. The van der Waals surface area contributed by atoms with Gasteiger partial charge in [-0.3, -0.25) is 4.79 Å². The van der Waals surface area contributed by atoms with E-state index in [9.17, 15) is 9.59 Å². The van der Waals surface area contributed by atoms with Crippen LogP contribution < -0.4 is 5.32 Å². The summed E-state index contributed by atoms with van der Waals surface area (Å²) in [5.41, 5.74) is -0.982. The first-order valence-corrected chi connectivity index (χ1v) is 4.78. The molecule has 0 saturated heterocycles. The molecular weight excluding hydrogens is 214 g/mol. The highest BCUT2D eigenvalue weighted by molar-refractivity contribution is 6.02. The molecule has 1 aliphatic carbocycles.